The average Bonchev–Trinajstić information content (AvgIpc) is 3.22. The van der Waals surface area contributed by atoms with Crippen molar-refractivity contribution in [3.63, 3.8) is 0 Å². The molecular weight excluding hydrogens is 322 g/mol. The van der Waals surface area contributed by atoms with Crippen LogP contribution in [0.15, 0.2) is 24.3 Å². The molecule has 0 spiro atoms. The molecule has 1 heterocycles. The van der Waals surface area contributed by atoms with Crippen LogP contribution in [0.25, 0.3) is 0 Å². The van der Waals surface area contributed by atoms with Gasteiger partial charge in [0.2, 0.25) is 0 Å². The van der Waals surface area contributed by atoms with Gasteiger partial charge in [-0.3, -0.25) is 4.90 Å². The lowest BCUT2D eigenvalue weighted by atomic mass is 10.0. The summed E-state index contributed by atoms with van der Waals surface area (Å²) >= 11 is 0. The van der Waals surface area contributed by atoms with Crippen LogP contribution >= 0.6 is 0 Å². The molecule has 0 aromatic heterocycles. The van der Waals surface area contributed by atoms with Crippen molar-refractivity contribution in [1.29, 1.82) is 0 Å². The zero-order valence-electron chi connectivity index (χ0n) is 14.5. The van der Waals surface area contributed by atoms with Crippen LogP contribution in [0.4, 0.5) is 0 Å². The minimum absolute atomic E-state index is 0.104. The Kier molecular flexibility index (Phi) is 5.92. The van der Waals surface area contributed by atoms with Gasteiger partial charge in [0.05, 0.1) is 0 Å². The molecule has 3 rings (SSSR count). The van der Waals surface area contributed by atoms with Gasteiger partial charge in [-0.05, 0) is 51.3 Å². The molecule has 0 bridgehead atoms. The van der Waals surface area contributed by atoms with E-state index in [1.165, 1.54) is 24.0 Å². The van der Waals surface area contributed by atoms with E-state index in [1.807, 2.05) is 0 Å². The van der Waals surface area contributed by atoms with Gasteiger partial charge in [0.25, 0.3) is 10.2 Å². The number of rotatable bonds is 7. The highest BCUT2D eigenvalue weighted by atomic mass is 32.2. The topological polar surface area (TPSA) is 61.4 Å². The van der Waals surface area contributed by atoms with Crippen molar-refractivity contribution in [3.8, 4) is 0 Å². The van der Waals surface area contributed by atoms with Crippen LogP contribution in [0.3, 0.4) is 0 Å². The van der Waals surface area contributed by atoms with Gasteiger partial charge < -0.3 is 0 Å². The van der Waals surface area contributed by atoms with Crippen molar-refractivity contribution < 1.29 is 8.42 Å². The Labute approximate surface area is 146 Å². The number of nitrogens with zero attached hydrogens (tertiary/aromatic N) is 1. The van der Waals surface area contributed by atoms with Crippen molar-refractivity contribution in [2.45, 2.75) is 57.5 Å². The quantitative estimate of drug-likeness (QED) is 0.793. The lowest BCUT2D eigenvalue weighted by Gasteiger charge is -2.28. The molecule has 5 nitrogen and oxygen atoms in total. The monoisotopic (exact) mass is 351 g/mol. The van der Waals surface area contributed by atoms with E-state index in [0.717, 1.165) is 38.8 Å². The van der Waals surface area contributed by atoms with Crippen molar-refractivity contribution in [1.82, 2.24) is 14.3 Å². The van der Waals surface area contributed by atoms with Crippen molar-refractivity contribution in [2.75, 3.05) is 19.6 Å². The molecular formula is C18H29N3O2S. The summed E-state index contributed by atoms with van der Waals surface area (Å²) in [4.78, 5) is 2.39. The van der Waals surface area contributed by atoms with E-state index in [0.29, 0.717) is 6.54 Å². The number of likely N-dealkylation sites (tertiary alicyclic amines) is 1. The molecule has 1 atom stereocenters. The summed E-state index contributed by atoms with van der Waals surface area (Å²) in [6.07, 6.45) is 6.52. The van der Waals surface area contributed by atoms with Crippen LogP contribution in [-0.2, 0) is 10.2 Å². The third-order valence-electron chi connectivity index (χ3n) is 5.19. The minimum atomic E-state index is -3.43. The van der Waals surface area contributed by atoms with Gasteiger partial charge in [-0.15, -0.1) is 0 Å². The van der Waals surface area contributed by atoms with Crippen molar-refractivity contribution >= 4 is 10.2 Å². The molecule has 2 N–H and O–H groups in total. The number of hydrogen-bond donors (Lipinski definition) is 2. The molecule has 134 valence electrons. The van der Waals surface area contributed by atoms with E-state index >= 15 is 0 Å². The maximum Gasteiger partial charge on any atom is 0.277 e. The summed E-state index contributed by atoms with van der Waals surface area (Å²) in [5.74, 6) is 0. The third-order valence-corrected chi connectivity index (χ3v) is 6.38. The summed E-state index contributed by atoms with van der Waals surface area (Å²) in [5.41, 5.74) is 2.41. The Morgan fingerprint density at radius 1 is 1.08 bits per heavy atom. The first kappa shape index (κ1) is 17.9. The first-order valence-electron chi connectivity index (χ1n) is 9.11. The zero-order valence-corrected chi connectivity index (χ0v) is 15.3. The average molecular weight is 352 g/mol. The predicted molar refractivity (Wildman–Crippen MR) is 97.0 cm³/mol. The van der Waals surface area contributed by atoms with Crippen LogP contribution in [0.1, 0.15) is 55.7 Å². The Morgan fingerprint density at radius 2 is 1.71 bits per heavy atom. The summed E-state index contributed by atoms with van der Waals surface area (Å²) in [5, 5.41) is 0. The predicted octanol–water partition coefficient (Wildman–Crippen LogP) is 2.50. The first-order chi connectivity index (χ1) is 11.5. The second-order valence-electron chi connectivity index (χ2n) is 7.12. The highest BCUT2D eigenvalue weighted by molar-refractivity contribution is 7.87. The molecule has 1 aromatic rings. The summed E-state index contributed by atoms with van der Waals surface area (Å²) < 4.78 is 30.3. The van der Waals surface area contributed by atoms with Crippen LogP contribution in [0.2, 0.25) is 0 Å². The van der Waals surface area contributed by atoms with Gasteiger partial charge in [0.15, 0.2) is 0 Å². The number of benzene rings is 1. The second-order valence-corrected chi connectivity index (χ2v) is 8.65. The maximum absolute atomic E-state index is 12.4. The lowest BCUT2D eigenvalue weighted by molar-refractivity contribution is 0.246. The van der Waals surface area contributed by atoms with Crippen LogP contribution in [-0.4, -0.2) is 39.0 Å². The molecule has 6 heteroatoms. The Bertz CT molecular complexity index is 618. The molecule has 1 aliphatic carbocycles. The molecule has 24 heavy (non-hydrogen) atoms. The molecule has 1 saturated carbocycles. The zero-order chi connectivity index (χ0) is 17.0. The maximum atomic E-state index is 12.4. The van der Waals surface area contributed by atoms with E-state index in [2.05, 4.69) is 45.5 Å². The number of hydrogen-bond acceptors (Lipinski definition) is 3. The van der Waals surface area contributed by atoms with E-state index < -0.39 is 10.2 Å². The first-order valence-corrected chi connectivity index (χ1v) is 10.6. The third kappa shape index (κ3) is 4.79. The van der Waals surface area contributed by atoms with Gasteiger partial charge in [-0.25, -0.2) is 4.72 Å². The number of nitrogens with one attached hydrogen (secondary N) is 2. The molecule has 1 unspecified atom stereocenters. The Morgan fingerprint density at radius 3 is 2.33 bits per heavy atom. The van der Waals surface area contributed by atoms with E-state index in [-0.39, 0.29) is 12.1 Å². The van der Waals surface area contributed by atoms with Gasteiger partial charge in [-0.2, -0.15) is 13.1 Å². The standard InChI is InChI=1S/C18H29N3O2S/c1-15-8-10-16(11-9-15)18(21-12-4-5-13-21)14-19-24(22,23)20-17-6-2-3-7-17/h8-11,17-20H,2-7,12-14H2,1H3. The molecule has 1 saturated heterocycles. The van der Waals surface area contributed by atoms with Crippen LogP contribution in [0, 0.1) is 6.92 Å². The molecule has 2 fully saturated rings. The Hall–Kier alpha value is -0.950. The van der Waals surface area contributed by atoms with Crippen LogP contribution < -0.4 is 9.44 Å². The van der Waals surface area contributed by atoms with Gasteiger partial charge in [0.1, 0.15) is 0 Å². The molecule has 1 aromatic carbocycles. The fourth-order valence-corrected chi connectivity index (χ4v) is 4.93. The lowest BCUT2D eigenvalue weighted by Crippen LogP contribution is -2.45. The van der Waals surface area contributed by atoms with Crippen molar-refractivity contribution in [3.05, 3.63) is 35.4 Å². The van der Waals surface area contributed by atoms with Crippen LogP contribution in [0.5, 0.6) is 0 Å². The molecule has 0 amide bonds. The van der Waals surface area contributed by atoms with Crippen molar-refractivity contribution in [2.24, 2.45) is 0 Å². The fourth-order valence-electron chi connectivity index (χ4n) is 3.79. The summed E-state index contributed by atoms with van der Waals surface area (Å²) in [6.45, 7) is 4.57. The van der Waals surface area contributed by atoms with Gasteiger partial charge >= 0.3 is 0 Å². The summed E-state index contributed by atoms with van der Waals surface area (Å²) in [7, 11) is -3.43. The highest BCUT2D eigenvalue weighted by Crippen LogP contribution is 2.25. The van der Waals surface area contributed by atoms with E-state index in [4.69, 9.17) is 0 Å². The Balaban J connectivity index is 1.66. The highest BCUT2D eigenvalue weighted by Gasteiger charge is 2.26. The molecule has 2 aliphatic rings. The van der Waals surface area contributed by atoms with E-state index in [9.17, 15) is 8.42 Å². The second kappa shape index (κ2) is 7.95. The normalized spacial score (nSPS) is 21.4. The fraction of sp³-hybridized carbons (Fsp3) is 0.667. The SMILES string of the molecule is Cc1ccc(C(CNS(=O)(=O)NC2CCCC2)N2CCCC2)cc1. The number of aryl methyl sites for hydroxylation is 1. The smallest absolute Gasteiger partial charge is 0.277 e. The largest absolute Gasteiger partial charge is 0.295 e. The van der Waals surface area contributed by atoms with Gasteiger partial charge in [0, 0.05) is 18.6 Å². The summed E-state index contributed by atoms with van der Waals surface area (Å²) in [6, 6.07) is 8.65. The molecule has 1 aliphatic heterocycles. The molecule has 0 radical (unpaired) electrons. The van der Waals surface area contributed by atoms with Gasteiger partial charge in [-0.1, -0.05) is 42.7 Å². The van der Waals surface area contributed by atoms with E-state index in [1.54, 1.807) is 0 Å². The minimum Gasteiger partial charge on any atom is -0.295 e.